The quantitative estimate of drug-likeness (QED) is 0.368. The molecule has 11 heteroatoms. The molecule has 3 aromatic carbocycles. The van der Waals surface area contributed by atoms with Crippen LogP contribution in [-0.2, 0) is 4.79 Å². The molecule has 0 bridgehead atoms. The van der Waals surface area contributed by atoms with E-state index in [1.165, 1.54) is 4.90 Å². The normalized spacial score (nSPS) is 18.3. The number of hydrogen-bond acceptors (Lipinski definition) is 6. The van der Waals surface area contributed by atoms with Crippen LogP contribution >= 0.6 is 23.2 Å². The van der Waals surface area contributed by atoms with E-state index < -0.39 is 12.1 Å². The monoisotopic (exact) mass is 605 g/mol. The maximum absolute atomic E-state index is 14.4. The van der Waals surface area contributed by atoms with Gasteiger partial charge in [-0.1, -0.05) is 47.5 Å². The molecule has 216 valence electrons. The standard InChI is InChI=1S/C31H29Cl2N5O4/c1-3-41-25-16-24(26(42-4-2)15-21(25)17-34)30-36-28(19-5-9-22(32)10-6-19)29(20-7-11-23(33)12-8-20)38(30)31(40)37-14-13-35-27(39)18-37/h5-12,15-16,28-29H,3-4,13-14,18H2,1-2H3,(H,35,39)/t28-,29+/m0/s1. The molecule has 1 N–H and O–H groups in total. The number of piperazine rings is 1. The Balaban J connectivity index is 1.75. The zero-order valence-corrected chi connectivity index (χ0v) is 24.7. The molecule has 5 rings (SSSR count). The van der Waals surface area contributed by atoms with Crippen molar-refractivity contribution in [2.75, 3.05) is 32.8 Å². The van der Waals surface area contributed by atoms with Gasteiger partial charge in [0.2, 0.25) is 5.91 Å². The number of hydrogen-bond donors (Lipinski definition) is 1. The summed E-state index contributed by atoms with van der Waals surface area (Å²) in [6.07, 6.45) is 0. The number of nitrogens with zero attached hydrogens (tertiary/aromatic N) is 4. The second-order valence-corrected chi connectivity index (χ2v) is 10.6. The van der Waals surface area contributed by atoms with Crippen molar-refractivity contribution in [1.29, 1.82) is 5.26 Å². The highest BCUT2D eigenvalue weighted by molar-refractivity contribution is 6.30. The molecule has 0 aliphatic carbocycles. The molecule has 0 unspecified atom stereocenters. The number of aliphatic imine (C=N–C) groups is 1. The first-order valence-corrected chi connectivity index (χ1v) is 14.4. The van der Waals surface area contributed by atoms with Crippen molar-refractivity contribution >= 4 is 41.0 Å². The third-order valence-electron chi connectivity index (χ3n) is 7.05. The van der Waals surface area contributed by atoms with Gasteiger partial charge >= 0.3 is 6.03 Å². The fourth-order valence-corrected chi connectivity index (χ4v) is 5.43. The van der Waals surface area contributed by atoms with Crippen molar-refractivity contribution < 1.29 is 19.1 Å². The highest BCUT2D eigenvalue weighted by Crippen LogP contribution is 2.46. The maximum atomic E-state index is 14.4. The first kappa shape index (κ1) is 29.2. The highest BCUT2D eigenvalue weighted by atomic mass is 35.5. The number of benzene rings is 3. The fraction of sp³-hybridized carbons (Fsp3) is 0.290. The van der Waals surface area contributed by atoms with Crippen LogP contribution < -0.4 is 14.8 Å². The number of urea groups is 1. The first-order valence-electron chi connectivity index (χ1n) is 13.6. The SMILES string of the molecule is CCOc1cc(C2=N[C@@H](c3ccc(Cl)cc3)[C@@H](c3ccc(Cl)cc3)N2C(=O)N2CCNC(=O)C2)c(OCC)cc1C#N. The predicted molar refractivity (Wildman–Crippen MR) is 160 cm³/mol. The third-order valence-corrected chi connectivity index (χ3v) is 7.55. The molecular weight excluding hydrogens is 577 g/mol. The van der Waals surface area contributed by atoms with E-state index >= 15 is 0 Å². The van der Waals surface area contributed by atoms with Crippen LogP contribution in [0.25, 0.3) is 0 Å². The van der Waals surface area contributed by atoms with E-state index in [1.54, 1.807) is 41.3 Å². The van der Waals surface area contributed by atoms with Crippen LogP contribution in [0.3, 0.4) is 0 Å². The number of halogens is 2. The van der Waals surface area contributed by atoms with Gasteiger partial charge in [-0.25, -0.2) is 4.79 Å². The van der Waals surface area contributed by atoms with E-state index in [2.05, 4.69) is 11.4 Å². The number of amidine groups is 1. The largest absolute Gasteiger partial charge is 0.493 e. The van der Waals surface area contributed by atoms with Crippen LogP contribution in [0.4, 0.5) is 4.79 Å². The van der Waals surface area contributed by atoms with Gasteiger partial charge in [0.15, 0.2) is 0 Å². The summed E-state index contributed by atoms with van der Waals surface area (Å²) in [5.74, 6) is 0.831. The number of ether oxygens (including phenoxy) is 2. The van der Waals surface area contributed by atoms with Crippen molar-refractivity contribution in [1.82, 2.24) is 15.1 Å². The lowest BCUT2D eigenvalue weighted by molar-refractivity contribution is -0.123. The summed E-state index contributed by atoms with van der Waals surface area (Å²) in [5, 5.41) is 13.7. The van der Waals surface area contributed by atoms with E-state index in [4.69, 9.17) is 37.7 Å². The summed E-state index contributed by atoms with van der Waals surface area (Å²) in [7, 11) is 0. The molecule has 1 fully saturated rings. The molecule has 0 spiro atoms. The van der Waals surface area contributed by atoms with Gasteiger partial charge in [0.05, 0.1) is 30.4 Å². The lowest BCUT2D eigenvalue weighted by Crippen LogP contribution is -2.55. The Hall–Kier alpha value is -4.26. The van der Waals surface area contributed by atoms with E-state index in [0.717, 1.165) is 11.1 Å². The molecule has 2 atom stereocenters. The fourth-order valence-electron chi connectivity index (χ4n) is 5.18. The van der Waals surface area contributed by atoms with Gasteiger partial charge in [-0.3, -0.25) is 14.7 Å². The number of rotatable bonds is 7. The summed E-state index contributed by atoms with van der Waals surface area (Å²) in [5.41, 5.74) is 2.42. The molecule has 0 saturated carbocycles. The molecule has 3 amide bonds. The zero-order valence-electron chi connectivity index (χ0n) is 23.1. The van der Waals surface area contributed by atoms with Gasteiger partial charge in [0, 0.05) is 29.2 Å². The Kier molecular flexibility index (Phi) is 8.86. The Morgan fingerprint density at radius 2 is 1.62 bits per heavy atom. The average molecular weight is 607 g/mol. The van der Waals surface area contributed by atoms with Crippen molar-refractivity contribution in [2.24, 2.45) is 4.99 Å². The minimum Gasteiger partial charge on any atom is -0.493 e. The van der Waals surface area contributed by atoms with Crippen molar-refractivity contribution in [3.63, 3.8) is 0 Å². The van der Waals surface area contributed by atoms with Gasteiger partial charge in [-0.2, -0.15) is 5.26 Å². The number of nitrogens with one attached hydrogen (secondary N) is 1. The van der Waals surface area contributed by atoms with Crippen LogP contribution in [0, 0.1) is 11.3 Å². The molecule has 42 heavy (non-hydrogen) atoms. The Morgan fingerprint density at radius 1 is 1.00 bits per heavy atom. The zero-order chi connectivity index (χ0) is 29.8. The highest BCUT2D eigenvalue weighted by Gasteiger charge is 2.45. The number of nitriles is 1. The summed E-state index contributed by atoms with van der Waals surface area (Å²) in [6, 6.07) is 18.5. The Labute approximate surface area is 254 Å². The molecular formula is C31H29Cl2N5O4. The number of amides is 3. The topological polar surface area (TPSA) is 107 Å². The minimum absolute atomic E-state index is 0.0859. The molecule has 3 aromatic rings. The molecule has 2 aliphatic heterocycles. The lowest BCUT2D eigenvalue weighted by atomic mass is 9.93. The second-order valence-electron chi connectivity index (χ2n) is 9.69. The first-order chi connectivity index (χ1) is 20.3. The van der Waals surface area contributed by atoms with Crippen LogP contribution in [-0.4, -0.2) is 60.4 Å². The van der Waals surface area contributed by atoms with Crippen molar-refractivity contribution in [3.05, 3.63) is 93.0 Å². The van der Waals surface area contributed by atoms with Gasteiger partial charge < -0.3 is 19.7 Å². The van der Waals surface area contributed by atoms with Crippen molar-refractivity contribution in [2.45, 2.75) is 25.9 Å². The van der Waals surface area contributed by atoms with E-state index in [0.29, 0.717) is 64.8 Å². The summed E-state index contributed by atoms with van der Waals surface area (Å²) in [4.78, 5) is 35.0. The molecule has 9 nitrogen and oxygen atoms in total. The predicted octanol–water partition coefficient (Wildman–Crippen LogP) is 5.76. The van der Waals surface area contributed by atoms with Crippen LogP contribution in [0.5, 0.6) is 11.5 Å². The van der Waals surface area contributed by atoms with Crippen LogP contribution in [0.1, 0.15) is 48.2 Å². The second kappa shape index (κ2) is 12.7. The molecule has 2 aliphatic rings. The van der Waals surface area contributed by atoms with E-state index in [1.807, 2.05) is 38.1 Å². The summed E-state index contributed by atoms with van der Waals surface area (Å²) >= 11 is 12.5. The summed E-state index contributed by atoms with van der Waals surface area (Å²) < 4.78 is 11.8. The van der Waals surface area contributed by atoms with Crippen LogP contribution in [0.2, 0.25) is 10.0 Å². The average Bonchev–Trinajstić information content (AvgIpc) is 3.38. The van der Waals surface area contributed by atoms with Gasteiger partial charge in [0.25, 0.3) is 0 Å². The maximum Gasteiger partial charge on any atom is 0.326 e. The van der Waals surface area contributed by atoms with E-state index in [-0.39, 0.29) is 18.5 Å². The molecule has 1 saturated heterocycles. The minimum atomic E-state index is -0.600. The van der Waals surface area contributed by atoms with Gasteiger partial charge in [-0.05, 0) is 55.3 Å². The summed E-state index contributed by atoms with van der Waals surface area (Å²) in [6.45, 7) is 4.91. The molecule has 0 radical (unpaired) electrons. The Morgan fingerprint density at radius 3 is 2.21 bits per heavy atom. The molecule has 2 heterocycles. The van der Waals surface area contributed by atoms with Gasteiger partial charge in [-0.15, -0.1) is 0 Å². The van der Waals surface area contributed by atoms with Crippen LogP contribution in [0.15, 0.2) is 65.7 Å². The smallest absolute Gasteiger partial charge is 0.326 e. The lowest BCUT2D eigenvalue weighted by Gasteiger charge is -2.35. The van der Waals surface area contributed by atoms with Gasteiger partial charge in [0.1, 0.15) is 36.0 Å². The number of carbonyl (C=O) groups excluding carboxylic acids is 2. The van der Waals surface area contributed by atoms with Crippen molar-refractivity contribution in [3.8, 4) is 17.6 Å². The Bertz CT molecular complexity index is 1550. The third kappa shape index (κ3) is 5.87. The van der Waals surface area contributed by atoms with E-state index in [9.17, 15) is 14.9 Å². The number of carbonyl (C=O) groups is 2. The molecule has 0 aromatic heterocycles.